The van der Waals surface area contributed by atoms with E-state index in [0.29, 0.717) is 5.69 Å². The van der Waals surface area contributed by atoms with Gasteiger partial charge >= 0.3 is 0 Å². The summed E-state index contributed by atoms with van der Waals surface area (Å²) in [6.07, 6.45) is 1.13. The first-order chi connectivity index (χ1) is 10.1. The van der Waals surface area contributed by atoms with Crippen LogP contribution in [0, 0.1) is 12.7 Å². The number of benzene rings is 2. The molecule has 3 nitrogen and oxygen atoms in total. The number of anilines is 1. The summed E-state index contributed by atoms with van der Waals surface area (Å²) in [7, 11) is 0. The van der Waals surface area contributed by atoms with Crippen LogP contribution in [0.2, 0.25) is 0 Å². The molecule has 4 heteroatoms. The summed E-state index contributed by atoms with van der Waals surface area (Å²) < 4.78 is 19.3. The van der Waals surface area contributed by atoms with Crippen LogP contribution in [-0.2, 0) is 11.4 Å². The van der Waals surface area contributed by atoms with Crippen molar-refractivity contribution in [2.24, 2.45) is 0 Å². The molecule has 21 heavy (non-hydrogen) atoms. The van der Waals surface area contributed by atoms with Crippen LogP contribution in [0.5, 0.6) is 5.75 Å². The topological polar surface area (TPSA) is 38.3 Å². The van der Waals surface area contributed by atoms with Crippen molar-refractivity contribution in [1.29, 1.82) is 0 Å². The van der Waals surface area contributed by atoms with E-state index in [-0.39, 0.29) is 18.3 Å². The van der Waals surface area contributed by atoms with Gasteiger partial charge in [0.05, 0.1) is 0 Å². The minimum atomic E-state index is -0.524. The minimum Gasteiger partial charge on any atom is -0.486 e. The molecule has 0 unspecified atom stereocenters. The Hall–Kier alpha value is -2.62. The van der Waals surface area contributed by atoms with Gasteiger partial charge in [-0.05, 0) is 30.7 Å². The number of ether oxygens (including phenoxy) is 1. The lowest BCUT2D eigenvalue weighted by molar-refractivity contribution is -0.111. The van der Waals surface area contributed by atoms with Crippen LogP contribution in [0.3, 0.4) is 0 Å². The van der Waals surface area contributed by atoms with Gasteiger partial charge in [0.25, 0.3) is 0 Å². The van der Waals surface area contributed by atoms with Crippen molar-refractivity contribution in [3.05, 3.63) is 72.1 Å². The molecule has 0 spiro atoms. The Morgan fingerprint density at radius 3 is 2.81 bits per heavy atom. The lowest BCUT2D eigenvalue weighted by Crippen LogP contribution is -2.07. The van der Waals surface area contributed by atoms with Crippen molar-refractivity contribution in [2.75, 3.05) is 5.32 Å². The molecule has 2 aromatic rings. The molecule has 0 aliphatic carbocycles. The molecule has 0 aliphatic heterocycles. The molecule has 0 saturated carbocycles. The highest BCUT2D eigenvalue weighted by Gasteiger charge is 2.06. The molecule has 0 fully saturated rings. The van der Waals surface area contributed by atoms with Gasteiger partial charge in [-0.25, -0.2) is 4.39 Å². The van der Waals surface area contributed by atoms with Crippen LogP contribution in [0.1, 0.15) is 11.1 Å². The first-order valence-electron chi connectivity index (χ1n) is 6.50. The highest BCUT2D eigenvalue weighted by molar-refractivity contribution is 5.98. The van der Waals surface area contributed by atoms with E-state index in [2.05, 4.69) is 11.9 Å². The van der Waals surface area contributed by atoms with E-state index in [1.807, 2.05) is 31.2 Å². The Bertz CT molecular complexity index is 668. The van der Waals surface area contributed by atoms with E-state index < -0.39 is 5.82 Å². The lowest BCUT2D eigenvalue weighted by atomic mass is 10.1. The first kappa shape index (κ1) is 14.8. The molecule has 0 saturated heterocycles. The zero-order chi connectivity index (χ0) is 15.2. The summed E-state index contributed by atoms with van der Waals surface area (Å²) >= 11 is 0. The molecule has 1 N–H and O–H groups in total. The van der Waals surface area contributed by atoms with E-state index in [1.54, 1.807) is 6.07 Å². The molecule has 2 rings (SSSR count). The first-order valence-corrected chi connectivity index (χ1v) is 6.50. The predicted molar refractivity (Wildman–Crippen MR) is 80.7 cm³/mol. The van der Waals surface area contributed by atoms with Crippen LogP contribution >= 0.6 is 0 Å². The summed E-state index contributed by atoms with van der Waals surface area (Å²) in [5, 5.41) is 2.49. The van der Waals surface area contributed by atoms with Crippen molar-refractivity contribution >= 4 is 11.6 Å². The van der Waals surface area contributed by atoms with Gasteiger partial charge in [-0.15, -0.1) is 0 Å². The van der Waals surface area contributed by atoms with Gasteiger partial charge in [0, 0.05) is 11.8 Å². The number of nitrogens with one attached hydrogen (secondary N) is 1. The predicted octanol–water partition coefficient (Wildman–Crippen LogP) is 3.84. The Balaban J connectivity index is 2.04. The third kappa shape index (κ3) is 4.18. The van der Waals surface area contributed by atoms with Crippen molar-refractivity contribution in [3.63, 3.8) is 0 Å². The van der Waals surface area contributed by atoms with Crippen molar-refractivity contribution in [1.82, 2.24) is 0 Å². The van der Waals surface area contributed by atoms with Gasteiger partial charge in [-0.3, -0.25) is 4.79 Å². The van der Waals surface area contributed by atoms with E-state index in [1.165, 1.54) is 12.1 Å². The zero-order valence-corrected chi connectivity index (χ0v) is 11.7. The zero-order valence-electron chi connectivity index (χ0n) is 11.7. The Kier molecular flexibility index (Phi) is 4.72. The standard InChI is InChI=1S/C17H16FNO2/c1-3-17(20)19-14-7-8-16(15(18)10-14)21-11-13-6-4-5-12(2)9-13/h3-10H,1,11H2,2H3,(H,19,20). The monoisotopic (exact) mass is 285 g/mol. The molecular weight excluding hydrogens is 269 g/mol. The third-order valence-electron chi connectivity index (χ3n) is 2.86. The van der Waals surface area contributed by atoms with Crippen LogP contribution in [0.25, 0.3) is 0 Å². The van der Waals surface area contributed by atoms with Gasteiger partial charge in [0.15, 0.2) is 11.6 Å². The number of hydrogen-bond acceptors (Lipinski definition) is 2. The molecule has 0 radical (unpaired) electrons. The third-order valence-corrected chi connectivity index (χ3v) is 2.86. The van der Waals surface area contributed by atoms with E-state index in [9.17, 15) is 9.18 Å². The summed E-state index contributed by atoms with van der Waals surface area (Å²) in [4.78, 5) is 11.1. The molecule has 2 aromatic carbocycles. The molecule has 0 heterocycles. The van der Waals surface area contributed by atoms with E-state index in [0.717, 1.165) is 17.2 Å². The minimum absolute atomic E-state index is 0.146. The summed E-state index contributed by atoms with van der Waals surface area (Å²) in [5.41, 5.74) is 2.46. The van der Waals surface area contributed by atoms with Crippen LogP contribution in [-0.4, -0.2) is 5.91 Å². The molecule has 0 atom stereocenters. The Morgan fingerprint density at radius 1 is 1.33 bits per heavy atom. The van der Waals surface area contributed by atoms with Crippen molar-refractivity contribution in [2.45, 2.75) is 13.5 Å². The molecule has 108 valence electrons. The number of aryl methyl sites for hydroxylation is 1. The number of rotatable bonds is 5. The smallest absolute Gasteiger partial charge is 0.247 e. The summed E-state index contributed by atoms with van der Waals surface area (Å²) in [6, 6.07) is 12.1. The Labute approximate surface area is 123 Å². The van der Waals surface area contributed by atoms with Crippen LogP contribution in [0.4, 0.5) is 10.1 Å². The second kappa shape index (κ2) is 6.70. The van der Waals surface area contributed by atoms with Crippen molar-refractivity contribution < 1.29 is 13.9 Å². The number of hydrogen-bond donors (Lipinski definition) is 1. The quantitative estimate of drug-likeness (QED) is 0.848. The maximum atomic E-state index is 13.9. The maximum Gasteiger partial charge on any atom is 0.247 e. The van der Waals surface area contributed by atoms with Gasteiger partial charge < -0.3 is 10.1 Å². The molecule has 0 aliphatic rings. The number of carbonyl (C=O) groups is 1. The van der Waals surface area contributed by atoms with Gasteiger partial charge in [0.1, 0.15) is 6.61 Å². The fourth-order valence-corrected chi connectivity index (χ4v) is 1.85. The van der Waals surface area contributed by atoms with Gasteiger partial charge in [-0.1, -0.05) is 36.4 Å². The average molecular weight is 285 g/mol. The molecule has 0 aromatic heterocycles. The number of halogens is 1. The summed E-state index contributed by atoms with van der Waals surface area (Å²) in [5.74, 6) is -0.763. The fraction of sp³-hybridized carbons (Fsp3) is 0.118. The molecule has 0 bridgehead atoms. The molecular formula is C17H16FNO2. The van der Waals surface area contributed by atoms with E-state index >= 15 is 0 Å². The number of amides is 1. The van der Waals surface area contributed by atoms with Crippen LogP contribution < -0.4 is 10.1 Å². The normalized spacial score (nSPS) is 10.0. The fourth-order valence-electron chi connectivity index (χ4n) is 1.85. The lowest BCUT2D eigenvalue weighted by Gasteiger charge is -2.09. The second-order valence-corrected chi connectivity index (χ2v) is 4.62. The second-order valence-electron chi connectivity index (χ2n) is 4.62. The summed E-state index contributed by atoms with van der Waals surface area (Å²) in [6.45, 7) is 5.61. The highest BCUT2D eigenvalue weighted by Crippen LogP contribution is 2.22. The average Bonchev–Trinajstić information content (AvgIpc) is 2.46. The van der Waals surface area contributed by atoms with Crippen molar-refractivity contribution in [3.8, 4) is 5.75 Å². The van der Waals surface area contributed by atoms with Gasteiger partial charge in [0.2, 0.25) is 5.91 Å². The van der Waals surface area contributed by atoms with E-state index in [4.69, 9.17) is 4.74 Å². The SMILES string of the molecule is C=CC(=O)Nc1ccc(OCc2cccc(C)c2)c(F)c1. The van der Waals surface area contributed by atoms with Crippen LogP contribution in [0.15, 0.2) is 55.1 Å². The highest BCUT2D eigenvalue weighted by atomic mass is 19.1. The maximum absolute atomic E-state index is 13.9. The Morgan fingerprint density at radius 2 is 2.14 bits per heavy atom. The molecule has 1 amide bonds. The number of carbonyl (C=O) groups excluding carboxylic acids is 1. The largest absolute Gasteiger partial charge is 0.486 e. The van der Waals surface area contributed by atoms with Gasteiger partial charge in [-0.2, -0.15) is 0 Å².